The van der Waals surface area contributed by atoms with Gasteiger partial charge in [0.15, 0.2) is 5.60 Å². The van der Waals surface area contributed by atoms with Crippen molar-refractivity contribution in [3.8, 4) is 5.75 Å². The molecule has 0 fully saturated rings. The van der Waals surface area contributed by atoms with Crippen LogP contribution in [0, 0.1) is 0 Å². The highest BCUT2D eigenvalue weighted by Gasteiger charge is 2.42. The Morgan fingerprint density at radius 2 is 1.96 bits per heavy atom. The van der Waals surface area contributed by atoms with Gasteiger partial charge < -0.3 is 4.74 Å². The van der Waals surface area contributed by atoms with E-state index in [1.165, 1.54) is 4.90 Å². The van der Waals surface area contributed by atoms with E-state index in [9.17, 15) is 13.2 Å². The zero-order valence-corrected chi connectivity index (χ0v) is 16.2. The maximum atomic E-state index is 12.8. The Labute approximate surface area is 154 Å². The number of pyridine rings is 1. The van der Waals surface area contributed by atoms with Crippen molar-refractivity contribution in [2.45, 2.75) is 19.4 Å². The van der Waals surface area contributed by atoms with E-state index in [1.54, 1.807) is 50.4 Å². The number of sulfonamides is 1. The van der Waals surface area contributed by atoms with Crippen LogP contribution >= 0.6 is 15.9 Å². The van der Waals surface area contributed by atoms with Crippen LogP contribution in [0.1, 0.15) is 13.8 Å². The largest absolute Gasteiger partial charge is 0.476 e. The molecule has 3 rings (SSSR count). The van der Waals surface area contributed by atoms with E-state index in [1.807, 2.05) is 0 Å². The van der Waals surface area contributed by atoms with Gasteiger partial charge in [0.1, 0.15) is 11.6 Å². The minimum Gasteiger partial charge on any atom is -0.476 e. The molecule has 0 saturated carbocycles. The summed E-state index contributed by atoms with van der Waals surface area (Å²) >= 11 is 3.32. The first-order valence-electron chi connectivity index (χ1n) is 7.34. The summed E-state index contributed by atoms with van der Waals surface area (Å²) in [6, 6.07) is 8.25. The number of carbonyl (C=O) groups is 1. The second-order valence-corrected chi connectivity index (χ2v) is 8.81. The fraction of sp³-hybridized carbons (Fsp3) is 0.250. The highest BCUT2D eigenvalue weighted by atomic mass is 79.9. The van der Waals surface area contributed by atoms with Gasteiger partial charge in [-0.2, -0.15) is 0 Å². The van der Waals surface area contributed by atoms with Crippen molar-refractivity contribution in [1.29, 1.82) is 0 Å². The van der Waals surface area contributed by atoms with E-state index < -0.39 is 15.6 Å². The van der Waals surface area contributed by atoms with Crippen molar-refractivity contribution in [2.75, 3.05) is 15.9 Å². The number of ether oxygens (including phenoxy) is 1. The first-order chi connectivity index (χ1) is 11.6. The van der Waals surface area contributed by atoms with Gasteiger partial charge in [-0.25, -0.2) is 13.4 Å². The van der Waals surface area contributed by atoms with Crippen LogP contribution in [0.3, 0.4) is 0 Å². The Hall–Kier alpha value is -2.13. The van der Waals surface area contributed by atoms with Crippen LogP contribution < -0.4 is 14.4 Å². The fourth-order valence-corrected chi connectivity index (χ4v) is 3.27. The standard InChI is InChI=1S/C16H16BrN3O4S/c1-16(2)15(21)20(14-7-4-10(17)9-18-14)12-6-5-11(8-13(12)24-16)19-25(3,22)23/h4-9,19H,1-3H3. The molecule has 1 N–H and O–H groups in total. The van der Waals surface area contributed by atoms with Gasteiger partial charge in [-0.1, -0.05) is 0 Å². The number of hydrogen-bond donors (Lipinski definition) is 1. The smallest absolute Gasteiger partial charge is 0.276 e. The summed E-state index contributed by atoms with van der Waals surface area (Å²) in [6.07, 6.45) is 2.67. The third-order valence-corrected chi connectivity index (χ3v) is 4.60. The normalized spacial score (nSPS) is 16.2. The summed E-state index contributed by atoms with van der Waals surface area (Å²) in [4.78, 5) is 18.6. The average Bonchev–Trinajstić information content (AvgIpc) is 2.48. The minimum atomic E-state index is -3.42. The third kappa shape index (κ3) is 3.62. The van der Waals surface area contributed by atoms with E-state index in [0.717, 1.165) is 10.7 Å². The molecule has 2 aromatic rings. The lowest BCUT2D eigenvalue weighted by Gasteiger charge is -2.38. The third-order valence-electron chi connectivity index (χ3n) is 3.53. The quantitative estimate of drug-likeness (QED) is 0.815. The molecule has 7 nitrogen and oxygen atoms in total. The van der Waals surface area contributed by atoms with Gasteiger partial charge >= 0.3 is 0 Å². The van der Waals surface area contributed by atoms with Gasteiger partial charge in [0.25, 0.3) is 5.91 Å². The molecule has 1 aromatic heterocycles. The van der Waals surface area contributed by atoms with Gasteiger partial charge in [0, 0.05) is 16.7 Å². The van der Waals surface area contributed by atoms with Crippen molar-refractivity contribution >= 4 is 49.1 Å². The number of rotatable bonds is 3. The molecule has 0 bridgehead atoms. The van der Waals surface area contributed by atoms with Crippen LogP contribution in [0.5, 0.6) is 5.75 Å². The number of benzene rings is 1. The van der Waals surface area contributed by atoms with E-state index >= 15 is 0 Å². The molecule has 0 unspecified atom stereocenters. The van der Waals surface area contributed by atoms with E-state index in [2.05, 4.69) is 25.6 Å². The molecule has 0 saturated heterocycles. The van der Waals surface area contributed by atoms with E-state index in [4.69, 9.17) is 4.74 Å². The fourth-order valence-electron chi connectivity index (χ4n) is 2.48. The second kappa shape index (κ2) is 5.99. The number of carbonyl (C=O) groups excluding carboxylic acids is 1. The van der Waals surface area contributed by atoms with Gasteiger partial charge in [0.2, 0.25) is 10.0 Å². The van der Waals surface area contributed by atoms with Crippen molar-refractivity contribution in [2.24, 2.45) is 0 Å². The molecule has 0 atom stereocenters. The number of amides is 1. The second-order valence-electron chi connectivity index (χ2n) is 6.14. The van der Waals surface area contributed by atoms with Crippen LogP contribution in [-0.2, 0) is 14.8 Å². The Balaban J connectivity index is 2.11. The summed E-state index contributed by atoms with van der Waals surface area (Å²) < 4.78 is 31.9. The van der Waals surface area contributed by atoms with Crippen LogP contribution in [0.2, 0.25) is 0 Å². The van der Waals surface area contributed by atoms with Gasteiger partial charge in [-0.3, -0.25) is 14.4 Å². The summed E-state index contributed by atoms with van der Waals surface area (Å²) in [5, 5.41) is 0. The predicted molar refractivity (Wildman–Crippen MR) is 98.7 cm³/mol. The Kier molecular flexibility index (Phi) is 4.24. The summed E-state index contributed by atoms with van der Waals surface area (Å²) in [7, 11) is -3.42. The van der Waals surface area contributed by atoms with Crippen molar-refractivity contribution in [3.63, 3.8) is 0 Å². The van der Waals surface area contributed by atoms with Gasteiger partial charge in [0.05, 0.1) is 17.6 Å². The Morgan fingerprint density at radius 1 is 1.24 bits per heavy atom. The lowest BCUT2D eigenvalue weighted by atomic mass is 10.0. The van der Waals surface area contributed by atoms with Crippen LogP contribution in [-0.4, -0.2) is 31.2 Å². The highest BCUT2D eigenvalue weighted by molar-refractivity contribution is 9.10. The Morgan fingerprint density at radius 3 is 2.56 bits per heavy atom. The molecule has 25 heavy (non-hydrogen) atoms. The number of nitrogens with one attached hydrogen (secondary N) is 1. The molecule has 0 radical (unpaired) electrons. The lowest BCUT2D eigenvalue weighted by molar-refractivity contribution is -0.131. The number of fused-ring (bicyclic) bond motifs is 1. The van der Waals surface area contributed by atoms with Crippen molar-refractivity contribution < 1.29 is 17.9 Å². The predicted octanol–water partition coefficient (Wildman–Crippen LogP) is 3.05. The molecule has 1 aliphatic rings. The van der Waals surface area contributed by atoms with E-state index in [0.29, 0.717) is 22.9 Å². The number of anilines is 3. The minimum absolute atomic E-state index is 0.265. The van der Waals surface area contributed by atoms with Gasteiger partial charge in [-0.15, -0.1) is 0 Å². The maximum absolute atomic E-state index is 12.8. The lowest BCUT2D eigenvalue weighted by Crippen LogP contribution is -2.50. The molecular formula is C16H16BrN3O4S. The summed E-state index contributed by atoms with van der Waals surface area (Å²) in [5.74, 6) is 0.580. The van der Waals surface area contributed by atoms with E-state index in [-0.39, 0.29) is 5.91 Å². The van der Waals surface area contributed by atoms with Crippen LogP contribution in [0.4, 0.5) is 17.2 Å². The van der Waals surface area contributed by atoms with Crippen LogP contribution in [0.15, 0.2) is 41.0 Å². The van der Waals surface area contributed by atoms with Crippen molar-refractivity contribution in [1.82, 2.24) is 4.98 Å². The van der Waals surface area contributed by atoms with Crippen LogP contribution in [0.25, 0.3) is 0 Å². The highest BCUT2D eigenvalue weighted by Crippen LogP contribution is 2.42. The molecule has 0 spiro atoms. The zero-order chi connectivity index (χ0) is 18.4. The first-order valence-corrected chi connectivity index (χ1v) is 10.0. The van der Waals surface area contributed by atoms with Gasteiger partial charge in [-0.05, 0) is 54.0 Å². The van der Waals surface area contributed by atoms with Crippen molar-refractivity contribution in [3.05, 3.63) is 41.0 Å². The number of nitrogens with zero attached hydrogens (tertiary/aromatic N) is 2. The molecular weight excluding hydrogens is 410 g/mol. The molecule has 132 valence electrons. The molecule has 1 amide bonds. The maximum Gasteiger partial charge on any atom is 0.276 e. The number of hydrogen-bond acceptors (Lipinski definition) is 5. The zero-order valence-electron chi connectivity index (χ0n) is 13.8. The Bertz CT molecular complexity index is 942. The molecule has 1 aliphatic heterocycles. The first kappa shape index (κ1) is 17.7. The monoisotopic (exact) mass is 425 g/mol. The number of aromatic nitrogens is 1. The molecule has 1 aromatic carbocycles. The molecule has 0 aliphatic carbocycles. The molecule has 9 heteroatoms. The summed E-state index contributed by atoms with van der Waals surface area (Å²) in [5.41, 5.74) is -0.265. The SMILES string of the molecule is CC1(C)Oc2cc(NS(C)(=O)=O)ccc2N(c2ccc(Br)cn2)C1=O. The topological polar surface area (TPSA) is 88.6 Å². The number of halogens is 1. The molecule has 2 heterocycles. The average molecular weight is 426 g/mol. The summed E-state index contributed by atoms with van der Waals surface area (Å²) in [6.45, 7) is 3.31.